The van der Waals surface area contributed by atoms with Gasteiger partial charge in [-0.05, 0) is 60.5 Å². The molecule has 1 heterocycles. The number of aromatic nitrogens is 1. The Bertz CT molecular complexity index is 1500. The van der Waals surface area contributed by atoms with Crippen LogP contribution in [0.15, 0.2) is 66.7 Å². The molecule has 4 rings (SSSR count). The van der Waals surface area contributed by atoms with Gasteiger partial charge in [0.1, 0.15) is 6.04 Å². The Morgan fingerprint density at radius 1 is 1.00 bits per heavy atom. The van der Waals surface area contributed by atoms with E-state index in [9.17, 15) is 27.9 Å². The number of fused-ring (bicyclic) bond motifs is 1. The summed E-state index contributed by atoms with van der Waals surface area (Å²) in [6.45, 7) is 1.70. The van der Waals surface area contributed by atoms with Crippen molar-refractivity contribution in [2.45, 2.75) is 25.6 Å². The number of rotatable bonds is 6. The molecule has 5 nitrogen and oxygen atoms in total. The predicted octanol–water partition coefficient (Wildman–Crippen LogP) is 6.96. The Kier molecular flexibility index (Phi) is 7.43. The van der Waals surface area contributed by atoms with Crippen LogP contribution in [0.4, 0.5) is 13.2 Å². The molecule has 1 amide bonds. The lowest BCUT2D eigenvalue weighted by Crippen LogP contribution is -2.42. The van der Waals surface area contributed by atoms with Gasteiger partial charge in [0.05, 0.1) is 27.4 Å². The van der Waals surface area contributed by atoms with Crippen molar-refractivity contribution in [1.82, 2.24) is 10.3 Å². The van der Waals surface area contributed by atoms with Crippen LogP contribution in [-0.2, 0) is 17.4 Å². The Balaban J connectivity index is 1.59. The first-order valence-electron chi connectivity index (χ1n) is 11.0. The van der Waals surface area contributed by atoms with Crippen LogP contribution in [0.25, 0.3) is 22.2 Å². The molecule has 190 valence electrons. The monoisotopic (exact) mass is 546 g/mol. The summed E-state index contributed by atoms with van der Waals surface area (Å²) in [5, 5.41) is 13.2. The molecular formula is C27H19Cl2F3N2O3. The number of benzene rings is 3. The summed E-state index contributed by atoms with van der Waals surface area (Å²) in [5.74, 6) is -1.81. The lowest BCUT2D eigenvalue weighted by molar-refractivity contribution is -0.139. The summed E-state index contributed by atoms with van der Waals surface area (Å²) in [6, 6.07) is 15.0. The van der Waals surface area contributed by atoms with Gasteiger partial charge in [-0.1, -0.05) is 47.5 Å². The largest absolute Gasteiger partial charge is 0.480 e. The highest BCUT2D eigenvalue weighted by molar-refractivity contribution is 6.34. The van der Waals surface area contributed by atoms with Crippen LogP contribution in [0.2, 0.25) is 10.0 Å². The van der Waals surface area contributed by atoms with Crippen LogP contribution in [0.3, 0.4) is 0 Å². The minimum absolute atomic E-state index is 0.0122. The van der Waals surface area contributed by atoms with Crippen LogP contribution in [-0.4, -0.2) is 28.0 Å². The van der Waals surface area contributed by atoms with Crippen molar-refractivity contribution in [2.75, 3.05) is 0 Å². The Morgan fingerprint density at radius 3 is 2.43 bits per heavy atom. The number of hydrogen-bond donors (Lipinski definition) is 2. The second-order valence-electron chi connectivity index (χ2n) is 8.42. The van der Waals surface area contributed by atoms with E-state index in [-0.39, 0.29) is 33.3 Å². The molecule has 1 unspecified atom stereocenters. The molecule has 0 spiro atoms. The van der Waals surface area contributed by atoms with Gasteiger partial charge in [-0.2, -0.15) is 13.2 Å². The van der Waals surface area contributed by atoms with Gasteiger partial charge in [-0.15, -0.1) is 0 Å². The lowest BCUT2D eigenvalue weighted by atomic mass is 10.0. The van der Waals surface area contributed by atoms with E-state index in [1.54, 1.807) is 55.5 Å². The Morgan fingerprint density at radius 2 is 1.76 bits per heavy atom. The van der Waals surface area contributed by atoms with Gasteiger partial charge in [-0.3, -0.25) is 4.79 Å². The number of nitrogens with zero attached hydrogens (tertiary/aromatic N) is 1. The first-order valence-corrected chi connectivity index (χ1v) is 11.7. The molecule has 0 fully saturated rings. The Labute approximate surface area is 219 Å². The quantitative estimate of drug-likeness (QED) is 0.274. The van der Waals surface area contributed by atoms with Crippen molar-refractivity contribution in [3.8, 4) is 11.3 Å². The number of alkyl halides is 3. The minimum atomic E-state index is -4.52. The number of carbonyl (C=O) groups is 2. The SMILES string of the molecule is Cc1cccc(Cl)c1C(=O)NC(Cc1ccc2nc(-c3cc(C(F)(F)F)ccc3Cl)ccc2c1)C(=O)O. The van der Waals surface area contributed by atoms with Crippen LogP contribution >= 0.6 is 23.2 Å². The van der Waals surface area contributed by atoms with E-state index in [1.807, 2.05) is 0 Å². The third kappa shape index (κ3) is 5.87. The van der Waals surface area contributed by atoms with Gasteiger partial charge in [0.15, 0.2) is 0 Å². The summed E-state index contributed by atoms with van der Waals surface area (Å²) in [6.07, 6.45) is -4.53. The molecule has 0 aliphatic carbocycles. The zero-order valence-electron chi connectivity index (χ0n) is 19.2. The number of hydrogen-bond acceptors (Lipinski definition) is 3. The van der Waals surface area contributed by atoms with E-state index in [4.69, 9.17) is 23.2 Å². The molecule has 0 saturated heterocycles. The van der Waals surface area contributed by atoms with E-state index in [0.29, 0.717) is 22.0 Å². The second-order valence-corrected chi connectivity index (χ2v) is 9.23. The first kappa shape index (κ1) is 26.4. The van der Waals surface area contributed by atoms with E-state index >= 15 is 0 Å². The van der Waals surface area contributed by atoms with Crippen molar-refractivity contribution in [1.29, 1.82) is 0 Å². The molecule has 0 saturated carbocycles. The highest BCUT2D eigenvalue weighted by atomic mass is 35.5. The minimum Gasteiger partial charge on any atom is -0.480 e. The summed E-state index contributed by atoms with van der Waals surface area (Å²) < 4.78 is 39.5. The normalized spacial score (nSPS) is 12.4. The van der Waals surface area contributed by atoms with Crippen LogP contribution in [0.1, 0.15) is 27.0 Å². The molecule has 1 aromatic heterocycles. The average molecular weight is 547 g/mol. The van der Waals surface area contributed by atoms with Crippen LogP contribution in [0.5, 0.6) is 0 Å². The fourth-order valence-corrected chi connectivity index (χ4v) is 4.46. The van der Waals surface area contributed by atoms with E-state index < -0.39 is 29.7 Å². The fourth-order valence-electron chi connectivity index (χ4n) is 3.94. The van der Waals surface area contributed by atoms with Gasteiger partial charge in [0.25, 0.3) is 5.91 Å². The van der Waals surface area contributed by atoms with Crippen LogP contribution < -0.4 is 5.32 Å². The topological polar surface area (TPSA) is 79.3 Å². The van der Waals surface area contributed by atoms with Crippen molar-refractivity contribution < 1.29 is 27.9 Å². The molecular weight excluding hydrogens is 528 g/mol. The van der Waals surface area contributed by atoms with Crippen molar-refractivity contribution >= 4 is 46.0 Å². The maximum Gasteiger partial charge on any atom is 0.416 e. The fraction of sp³-hybridized carbons (Fsp3) is 0.148. The molecule has 2 N–H and O–H groups in total. The number of carboxylic acid groups (broad SMARTS) is 1. The molecule has 3 aromatic carbocycles. The van der Waals surface area contributed by atoms with Crippen molar-refractivity contribution in [3.63, 3.8) is 0 Å². The molecule has 1 atom stereocenters. The molecule has 4 aromatic rings. The smallest absolute Gasteiger partial charge is 0.416 e. The van der Waals surface area contributed by atoms with E-state index in [1.165, 1.54) is 6.07 Å². The predicted molar refractivity (Wildman–Crippen MR) is 136 cm³/mol. The van der Waals surface area contributed by atoms with Gasteiger partial charge in [0.2, 0.25) is 0 Å². The standard InChI is InChI=1S/C27H19Cl2F3N2O3/c1-14-3-2-4-20(29)24(14)25(35)34-23(26(36)37)12-15-5-9-21-16(11-15)6-10-22(33-21)18-13-17(27(30,31)32)7-8-19(18)28/h2-11,13,23H,12H2,1H3,(H,34,35)(H,36,37). The zero-order chi connectivity index (χ0) is 26.9. The summed E-state index contributed by atoms with van der Waals surface area (Å²) >= 11 is 12.3. The van der Waals surface area contributed by atoms with E-state index in [0.717, 1.165) is 12.1 Å². The summed E-state index contributed by atoms with van der Waals surface area (Å²) in [5.41, 5.74) is 1.49. The second kappa shape index (κ2) is 10.4. The number of amides is 1. The first-order chi connectivity index (χ1) is 17.4. The van der Waals surface area contributed by atoms with Gasteiger partial charge >= 0.3 is 12.1 Å². The number of carboxylic acids is 1. The number of nitrogens with one attached hydrogen (secondary N) is 1. The molecule has 10 heteroatoms. The van der Waals surface area contributed by atoms with Gasteiger partial charge in [-0.25, -0.2) is 9.78 Å². The van der Waals surface area contributed by atoms with E-state index in [2.05, 4.69) is 10.3 Å². The number of pyridine rings is 1. The number of halogens is 5. The summed E-state index contributed by atoms with van der Waals surface area (Å²) in [4.78, 5) is 29.1. The van der Waals surface area contributed by atoms with Crippen molar-refractivity contribution in [2.24, 2.45) is 0 Å². The Hall–Kier alpha value is -3.62. The highest BCUT2D eigenvalue weighted by Gasteiger charge is 2.31. The van der Waals surface area contributed by atoms with Crippen LogP contribution in [0, 0.1) is 6.92 Å². The van der Waals surface area contributed by atoms with Gasteiger partial charge in [0, 0.05) is 22.4 Å². The maximum absolute atomic E-state index is 13.2. The number of aryl methyl sites for hydroxylation is 1. The zero-order valence-corrected chi connectivity index (χ0v) is 20.7. The number of aliphatic carboxylic acids is 1. The molecule has 0 bridgehead atoms. The molecule has 37 heavy (non-hydrogen) atoms. The maximum atomic E-state index is 13.2. The van der Waals surface area contributed by atoms with Gasteiger partial charge < -0.3 is 10.4 Å². The third-order valence-corrected chi connectivity index (χ3v) is 6.46. The molecule has 0 radical (unpaired) electrons. The summed E-state index contributed by atoms with van der Waals surface area (Å²) in [7, 11) is 0. The lowest BCUT2D eigenvalue weighted by Gasteiger charge is -2.17. The third-order valence-electron chi connectivity index (χ3n) is 5.82. The number of carbonyl (C=O) groups excluding carboxylic acids is 1. The molecule has 0 aliphatic rings. The van der Waals surface area contributed by atoms with Crippen molar-refractivity contribution in [3.05, 3.63) is 99.0 Å². The highest BCUT2D eigenvalue weighted by Crippen LogP contribution is 2.36. The molecule has 0 aliphatic heterocycles. The average Bonchev–Trinajstić information content (AvgIpc) is 2.82.